The maximum absolute atomic E-state index is 14.5. The fourth-order valence-electron chi connectivity index (χ4n) is 3.32. The van der Waals surface area contributed by atoms with Crippen molar-refractivity contribution in [3.63, 3.8) is 0 Å². The number of hydrogen-bond acceptors (Lipinski definition) is 6. The molecule has 1 aliphatic heterocycles. The first-order valence-electron chi connectivity index (χ1n) is 9.68. The van der Waals surface area contributed by atoms with Crippen molar-refractivity contribution in [2.75, 3.05) is 11.9 Å². The fraction of sp³-hybridized carbons (Fsp3) is 0.286. The molecule has 0 aliphatic carbocycles. The maximum Gasteiger partial charge on any atom is 0.418 e. The standard InChI is InChI=1S/C21H17F5N4O3/c1-11-9-30-18(29(11)2)6-17(28-20(30)31)32-10-12-3-15(22)19(16(23)4-12)33-14-5-13(7-27-8-14)21(24,25)26/h3-8,11H,9-10H2,1-2H3. The molecule has 0 N–H and O–H groups in total. The lowest BCUT2D eigenvalue weighted by Gasteiger charge is -2.16. The highest BCUT2D eigenvalue weighted by Gasteiger charge is 2.31. The van der Waals surface area contributed by atoms with Gasteiger partial charge in [-0.2, -0.15) is 18.2 Å². The van der Waals surface area contributed by atoms with Crippen LogP contribution in [0.5, 0.6) is 17.4 Å². The minimum Gasteiger partial charge on any atom is -0.473 e. The summed E-state index contributed by atoms with van der Waals surface area (Å²) in [7, 11) is 1.82. The molecule has 3 aromatic rings. The predicted molar refractivity (Wildman–Crippen MR) is 106 cm³/mol. The van der Waals surface area contributed by atoms with Gasteiger partial charge in [0.15, 0.2) is 17.4 Å². The summed E-state index contributed by atoms with van der Waals surface area (Å²) in [4.78, 5) is 21.3. The zero-order chi connectivity index (χ0) is 23.9. The van der Waals surface area contributed by atoms with Crippen LogP contribution in [-0.2, 0) is 19.3 Å². The van der Waals surface area contributed by atoms with Gasteiger partial charge >= 0.3 is 11.9 Å². The highest BCUT2D eigenvalue weighted by molar-refractivity contribution is 5.45. The second kappa shape index (κ2) is 8.34. The molecule has 0 saturated carbocycles. The van der Waals surface area contributed by atoms with E-state index in [0.717, 1.165) is 18.3 Å². The van der Waals surface area contributed by atoms with Crippen molar-refractivity contribution in [1.82, 2.24) is 14.5 Å². The molecule has 1 aliphatic rings. The van der Waals surface area contributed by atoms with Crippen LogP contribution >= 0.6 is 0 Å². The summed E-state index contributed by atoms with van der Waals surface area (Å²) in [6, 6.07) is 4.05. The number of halogens is 5. The summed E-state index contributed by atoms with van der Waals surface area (Å²) in [5.41, 5.74) is -1.57. The topological polar surface area (TPSA) is 69.5 Å². The molecule has 0 spiro atoms. The molecule has 174 valence electrons. The number of nitrogens with zero attached hydrogens (tertiary/aromatic N) is 4. The second-order valence-electron chi connectivity index (χ2n) is 7.49. The molecular formula is C21H17F5N4O3. The minimum atomic E-state index is -4.69. The Bertz CT molecular complexity index is 1240. The van der Waals surface area contributed by atoms with Crippen LogP contribution in [0.15, 0.2) is 41.5 Å². The molecule has 3 heterocycles. The van der Waals surface area contributed by atoms with Crippen LogP contribution in [0, 0.1) is 11.6 Å². The molecule has 0 bridgehead atoms. The van der Waals surface area contributed by atoms with E-state index in [-0.39, 0.29) is 24.1 Å². The SMILES string of the molecule is CC1Cn2c(cc(OCc3cc(F)c(Oc4cncc(C(F)(F)F)c4)c(F)c3)nc2=O)N1C. The first-order chi connectivity index (χ1) is 15.5. The quantitative estimate of drug-likeness (QED) is 0.525. The van der Waals surface area contributed by atoms with Crippen LogP contribution in [0.1, 0.15) is 18.1 Å². The number of fused-ring (bicyclic) bond motifs is 1. The fourth-order valence-corrected chi connectivity index (χ4v) is 3.32. The molecule has 2 aromatic heterocycles. The van der Waals surface area contributed by atoms with Crippen molar-refractivity contribution in [3.8, 4) is 17.4 Å². The molecule has 4 rings (SSSR count). The summed E-state index contributed by atoms with van der Waals surface area (Å²) < 4.78 is 79.2. The van der Waals surface area contributed by atoms with E-state index >= 15 is 0 Å². The van der Waals surface area contributed by atoms with E-state index in [1.54, 1.807) is 6.07 Å². The lowest BCUT2D eigenvalue weighted by atomic mass is 10.2. The number of likely N-dealkylation sites (N-methyl/N-ethyl adjacent to an activating group) is 1. The van der Waals surface area contributed by atoms with Crippen molar-refractivity contribution < 1.29 is 31.4 Å². The van der Waals surface area contributed by atoms with Gasteiger partial charge in [-0.1, -0.05) is 0 Å². The van der Waals surface area contributed by atoms with E-state index in [1.807, 2.05) is 18.9 Å². The number of hydrogen-bond donors (Lipinski definition) is 0. The smallest absolute Gasteiger partial charge is 0.418 e. The molecule has 1 unspecified atom stereocenters. The predicted octanol–water partition coefficient (Wildman–Crippen LogP) is 4.14. The van der Waals surface area contributed by atoms with Crippen molar-refractivity contribution in [2.45, 2.75) is 32.3 Å². The van der Waals surface area contributed by atoms with Crippen molar-refractivity contribution in [1.29, 1.82) is 0 Å². The highest BCUT2D eigenvalue weighted by atomic mass is 19.4. The summed E-state index contributed by atoms with van der Waals surface area (Å²) >= 11 is 0. The number of anilines is 1. The number of ether oxygens (including phenoxy) is 2. The number of pyridine rings is 1. The Hall–Kier alpha value is -3.70. The summed E-state index contributed by atoms with van der Waals surface area (Å²) in [6.45, 7) is 2.11. The summed E-state index contributed by atoms with van der Waals surface area (Å²) in [5, 5.41) is 0. The van der Waals surface area contributed by atoms with Gasteiger partial charge in [0, 0.05) is 31.9 Å². The lowest BCUT2D eigenvalue weighted by Crippen LogP contribution is -2.23. The van der Waals surface area contributed by atoms with Crippen LogP contribution in [0.3, 0.4) is 0 Å². The molecular weight excluding hydrogens is 451 g/mol. The molecule has 12 heteroatoms. The summed E-state index contributed by atoms with van der Waals surface area (Å²) in [5.74, 6) is -3.07. The van der Waals surface area contributed by atoms with Crippen LogP contribution in [0.4, 0.5) is 27.8 Å². The Morgan fingerprint density at radius 2 is 1.82 bits per heavy atom. The van der Waals surface area contributed by atoms with E-state index in [2.05, 4.69) is 9.97 Å². The Balaban J connectivity index is 1.51. The van der Waals surface area contributed by atoms with Crippen molar-refractivity contribution in [3.05, 3.63) is 69.9 Å². The third kappa shape index (κ3) is 4.59. The molecule has 1 aromatic carbocycles. The van der Waals surface area contributed by atoms with Crippen LogP contribution in [0.25, 0.3) is 0 Å². The zero-order valence-electron chi connectivity index (χ0n) is 17.4. The molecule has 0 radical (unpaired) electrons. The van der Waals surface area contributed by atoms with Gasteiger partial charge < -0.3 is 14.4 Å². The number of benzene rings is 1. The highest BCUT2D eigenvalue weighted by Crippen LogP contribution is 2.34. The van der Waals surface area contributed by atoms with E-state index in [0.29, 0.717) is 24.6 Å². The van der Waals surface area contributed by atoms with Crippen LogP contribution in [-0.4, -0.2) is 27.6 Å². The lowest BCUT2D eigenvalue weighted by molar-refractivity contribution is -0.137. The number of rotatable bonds is 5. The average molecular weight is 468 g/mol. The molecule has 33 heavy (non-hydrogen) atoms. The van der Waals surface area contributed by atoms with Gasteiger partial charge in [0.05, 0.1) is 11.8 Å². The molecule has 7 nitrogen and oxygen atoms in total. The van der Waals surface area contributed by atoms with E-state index in [1.165, 1.54) is 4.57 Å². The normalized spacial score (nSPS) is 15.5. The average Bonchev–Trinajstić information content (AvgIpc) is 3.03. The van der Waals surface area contributed by atoms with Gasteiger partial charge in [-0.3, -0.25) is 9.55 Å². The van der Waals surface area contributed by atoms with Gasteiger partial charge in [-0.05, 0) is 30.7 Å². The molecule has 1 atom stereocenters. The van der Waals surface area contributed by atoms with Gasteiger partial charge in [0.25, 0.3) is 0 Å². The third-order valence-electron chi connectivity index (χ3n) is 5.14. The van der Waals surface area contributed by atoms with Crippen LogP contribution < -0.4 is 20.1 Å². The summed E-state index contributed by atoms with van der Waals surface area (Å²) in [6.07, 6.45) is -3.22. The Morgan fingerprint density at radius 1 is 1.12 bits per heavy atom. The molecule has 0 saturated heterocycles. The van der Waals surface area contributed by atoms with E-state index in [4.69, 9.17) is 9.47 Å². The maximum atomic E-state index is 14.5. The first kappa shape index (κ1) is 22.5. The third-order valence-corrected chi connectivity index (χ3v) is 5.14. The molecule has 0 fully saturated rings. The second-order valence-corrected chi connectivity index (χ2v) is 7.49. The Kier molecular flexibility index (Phi) is 5.68. The van der Waals surface area contributed by atoms with Gasteiger partial charge in [-0.15, -0.1) is 0 Å². The molecule has 0 amide bonds. The number of aromatic nitrogens is 3. The van der Waals surface area contributed by atoms with Gasteiger partial charge in [-0.25, -0.2) is 13.6 Å². The first-order valence-corrected chi connectivity index (χ1v) is 9.68. The van der Waals surface area contributed by atoms with E-state index in [9.17, 15) is 26.7 Å². The van der Waals surface area contributed by atoms with Crippen molar-refractivity contribution in [2.24, 2.45) is 0 Å². The van der Waals surface area contributed by atoms with Crippen molar-refractivity contribution >= 4 is 5.82 Å². The minimum absolute atomic E-state index is 0.0108. The number of alkyl halides is 3. The zero-order valence-corrected chi connectivity index (χ0v) is 17.4. The van der Waals surface area contributed by atoms with E-state index < -0.39 is 40.6 Å². The largest absolute Gasteiger partial charge is 0.473 e. The van der Waals surface area contributed by atoms with Gasteiger partial charge in [0.2, 0.25) is 5.88 Å². The Morgan fingerprint density at radius 3 is 2.48 bits per heavy atom. The Labute approximate surface area is 184 Å². The van der Waals surface area contributed by atoms with Gasteiger partial charge in [0.1, 0.15) is 18.2 Å². The monoisotopic (exact) mass is 468 g/mol. The van der Waals surface area contributed by atoms with Crippen LogP contribution in [0.2, 0.25) is 0 Å².